The van der Waals surface area contributed by atoms with Gasteiger partial charge in [-0.25, -0.2) is 0 Å². The fourth-order valence-corrected chi connectivity index (χ4v) is 3.28. The van der Waals surface area contributed by atoms with Gasteiger partial charge in [-0.1, -0.05) is 0 Å². The Morgan fingerprint density at radius 2 is 1.69 bits per heavy atom. The standard InChI is InChI=1S/C20H27N5O/c1-3-24(4-2)17-10-8-16(9-11-17)21-20(26)18-12-13-19(23-22-18)25-14-6-5-7-15-25/h8-13H,3-7,14-15H2,1-2H3,(H,21,26). The van der Waals surface area contributed by atoms with Crippen molar-refractivity contribution in [2.24, 2.45) is 0 Å². The Hall–Kier alpha value is -2.63. The normalized spacial score (nSPS) is 14.2. The summed E-state index contributed by atoms with van der Waals surface area (Å²) in [5, 5.41) is 11.2. The Balaban J connectivity index is 1.62. The van der Waals surface area contributed by atoms with E-state index in [2.05, 4.69) is 39.2 Å². The van der Waals surface area contributed by atoms with Gasteiger partial charge < -0.3 is 15.1 Å². The molecule has 1 amide bonds. The second-order valence-corrected chi connectivity index (χ2v) is 6.50. The van der Waals surface area contributed by atoms with Crippen LogP contribution in [0.5, 0.6) is 0 Å². The van der Waals surface area contributed by atoms with Crippen LogP contribution in [0.25, 0.3) is 0 Å². The number of amides is 1. The summed E-state index contributed by atoms with van der Waals surface area (Å²) in [5.74, 6) is 0.614. The van der Waals surface area contributed by atoms with Crippen LogP contribution in [0.1, 0.15) is 43.6 Å². The van der Waals surface area contributed by atoms with Gasteiger partial charge in [-0.2, -0.15) is 0 Å². The van der Waals surface area contributed by atoms with Crippen molar-refractivity contribution in [3.8, 4) is 0 Å². The van der Waals surface area contributed by atoms with Gasteiger partial charge in [0.2, 0.25) is 0 Å². The quantitative estimate of drug-likeness (QED) is 0.860. The highest BCUT2D eigenvalue weighted by Crippen LogP contribution is 2.19. The topological polar surface area (TPSA) is 61.4 Å². The van der Waals surface area contributed by atoms with Gasteiger partial charge in [0.25, 0.3) is 5.91 Å². The molecule has 1 aromatic carbocycles. The van der Waals surface area contributed by atoms with Crippen LogP contribution < -0.4 is 15.1 Å². The van der Waals surface area contributed by atoms with Crippen molar-refractivity contribution in [3.63, 3.8) is 0 Å². The van der Waals surface area contributed by atoms with Crippen molar-refractivity contribution < 1.29 is 4.79 Å². The molecule has 1 N–H and O–H groups in total. The second-order valence-electron chi connectivity index (χ2n) is 6.50. The number of carbonyl (C=O) groups excluding carboxylic acids is 1. The third kappa shape index (κ3) is 4.31. The monoisotopic (exact) mass is 353 g/mol. The number of hydrogen-bond donors (Lipinski definition) is 1. The first-order chi connectivity index (χ1) is 12.7. The molecule has 1 aliphatic rings. The Bertz CT molecular complexity index is 704. The molecule has 0 bridgehead atoms. The second kappa shape index (κ2) is 8.65. The Morgan fingerprint density at radius 1 is 1.00 bits per heavy atom. The van der Waals surface area contributed by atoms with Crippen molar-refractivity contribution >= 4 is 23.1 Å². The lowest BCUT2D eigenvalue weighted by Gasteiger charge is -2.27. The molecule has 0 saturated carbocycles. The van der Waals surface area contributed by atoms with Crippen LogP contribution in [0.15, 0.2) is 36.4 Å². The third-order valence-electron chi connectivity index (χ3n) is 4.82. The van der Waals surface area contributed by atoms with Crippen LogP contribution in [-0.2, 0) is 0 Å². The largest absolute Gasteiger partial charge is 0.372 e. The number of benzene rings is 1. The molecule has 2 aromatic rings. The lowest BCUT2D eigenvalue weighted by molar-refractivity contribution is 0.102. The molecule has 0 aliphatic carbocycles. The van der Waals surface area contributed by atoms with E-state index in [1.165, 1.54) is 19.3 Å². The van der Waals surface area contributed by atoms with Crippen molar-refractivity contribution in [2.75, 3.05) is 41.3 Å². The van der Waals surface area contributed by atoms with Gasteiger partial charge in [0, 0.05) is 37.6 Å². The number of nitrogens with one attached hydrogen (secondary N) is 1. The smallest absolute Gasteiger partial charge is 0.276 e. The number of nitrogens with zero attached hydrogens (tertiary/aromatic N) is 4. The molecule has 138 valence electrons. The highest BCUT2D eigenvalue weighted by Gasteiger charge is 2.14. The van der Waals surface area contributed by atoms with Gasteiger partial charge in [0.05, 0.1) is 0 Å². The summed E-state index contributed by atoms with van der Waals surface area (Å²) in [6.45, 7) is 8.21. The number of carbonyl (C=O) groups is 1. The summed E-state index contributed by atoms with van der Waals surface area (Å²) in [4.78, 5) is 16.9. The van der Waals surface area contributed by atoms with E-state index in [1.54, 1.807) is 6.07 Å². The van der Waals surface area contributed by atoms with Crippen LogP contribution in [0, 0.1) is 0 Å². The molecular formula is C20H27N5O. The number of rotatable bonds is 6. The van der Waals surface area contributed by atoms with E-state index in [4.69, 9.17) is 0 Å². The fourth-order valence-electron chi connectivity index (χ4n) is 3.28. The lowest BCUT2D eigenvalue weighted by atomic mass is 10.1. The summed E-state index contributed by atoms with van der Waals surface area (Å²) in [6.07, 6.45) is 3.65. The Labute approximate surface area is 155 Å². The molecule has 0 atom stereocenters. The highest BCUT2D eigenvalue weighted by molar-refractivity contribution is 6.02. The van der Waals surface area contributed by atoms with Crippen LogP contribution >= 0.6 is 0 Å². The molecule has 26 heavy (non-hydrogen) atoms. The summed E-state index contributed by atoms with van der Waals surface area (Å²) in [7, 11) is 0. The zero-order chi connectivity index (χ0) is 18.4. The third-order valence-corrected chi connectivity index (χ3v) is 4.82. The summed E-state index contributed by atoms with van der Waals surface area (Å²) >= 11 is 0. The van der Waals surface area contributed by atoms with Crippen LogP contribution in [0.2, 0.25) is 0 Å². The van der Waals surface area contributed by atoms with Crippen LogP contribution in [0.4, 0.5) is 17.2 Å². The number of aromatic nitrogens is 2. The Kier molecular flexibility index (Phi) is 6.04. The van der Waals surface area contributed by atoms with Crippen LogP contribution in [0.3, 0.4) is 0 Å². The molecule has 0 unspecified atom stereocenters. The van der Waals surface area contributed by atoms with E-state index in [0.717, 1.165) is 43.4 Å². The molecule has 6 heteroatoms. The average Bonchev–Trinajstić information content (AvgIpc) is 2.71. The van der Waals surface area contributed by atoms with Crippen molar-refractivity contribution in [1.82, 2.24) is 10.2 Å². The van der Waals surface area contributed by atoms with Gasteiger partial charge in [0.1, 0.15) is 0 Å². The number of anilines is 3. The van der Waals surface area contributed by atoms with Gasteiger partial charge in [0.15, 0.2) is 11.5 Å². The van der Waals surface area contributed by atoms with Gasteiger partial charge in [-0.05, 0) is 69.5 Å². The average molecular weight is 353 g/mol. The molecule has 0 spiro atoms. The first kappa shape index (κ1) is 18.2. The zero-order valence-electron chi connectivity index (χ0n) is 15.6. The minimum atomic E-state index is -0.238. The highest BCUT2D eigenvalue weighted by atomic mass is 16.1. The van der Waals surface area contributed by atoms with Crippen molar-refractivity contribution in [1.29, 1.82) is 0 Å². The number of hydrogen-bond acceptors (Lipinski definition) is 5. The maximum absolute atomic E-state index is 12.4. The van der Waals surface area contributed by atoms with Crippen molar-refractivity contribution in [3.05, 3.63) is 42.1 Å². The van der Waals surface area contributed by atoms with Crippen molar-refractivity contribution in [2.45, 2.75) is 33.1 Å². The van der Waals surface area contributed by atoms with E-state index in [9.17, 15) is 4.79 Å². The lowest BCUT2D eigenvalue weighted by Crippen LogP contribution is -2.30. The van der Waals surface area contributed by atoms with Gasteiger partial charge in [-0.15, -0.1) is 10.2 Å². The summed E-state index contributed by atoms with van der Waals surface area (Å²) in [6, 6.07) is 11.5. The predicted octanol–water partition coefficient (Wildman–Crippen LogP) is 3.57. The minimum Gasteiger partial charge on any atom is -0.372 e. The van der Waals surface area contributed by atoms with E-state index >= 15 is 0 Å². The molecular weight excluding hydrogens is 326 g/mol. The van der Waals surface area contributed by atoms with E-state index < -0.39 is 0 Å². The maximum atomic E-state index is 12.4. The molecule has 1 saturated heterocycles. The molecule has 2 heterocycles. The van der Waals surface area contributed by atoms with E-state index in [1.807, 2.05) is 30.3 Å². The minimum absolute atomic E-state index is 0.238. The molecule has 1 aromatic heterocycles. The Morgan fingerprint density at radius 3 is 2.27 bits per heavy atom. The molecule has 6 nitrogen and oxygen atoms in total. The molecule has 0 radical (unpaired) electrons. The summed E-state index contributed by atoms with van der Waals surface area (Å²) in [5.41, 5.74) is 2.24. The zero-order valence-corrected chi connectivity index (χ0v) is 15.6. The van der Waals surface area contributed by atoms with E-state index in [0.29, 0.717) is 5.69 Å². The molecule has 1 fully saturated rings. The molecule has 3 rings (SSSR count). The first-order valence-electron chi connectivity index (χ1n) is 9.46. The maximum Gasteiger partial charge on any atom is 0.276 e. The van der Waals surface area contributed by atoms with Gasteiger partial charge >= 0.3 is 0 Å². The first-order valence-corrected chi connectivity index (χ1v) is 9.46. The van der Waals surface area contributed by atoms with E-state index in [-0.39, 0.29) is 5.91 Å². The summed E-state index contributed by atoms with van der Waals surface area (Å²) < 4.78 is 0. The SMILES string of the molecule is CCN(CC)c1ccc(NC(=O)c2ccc(N3CCCCC3)nn2)cc1. The van der Waals surface area contributed by atoms with Crippen LogP contribution in [-0.4, -0.2) is 42.3 Å². The van der Waals surface area contributed by atoms with Gasteiger partial charge in [-0.3, -0.25) is 4.79 Å². The molecule has 1 aliphatic heterocycles. The predicted molar refractivity (Wildman–Crippen MR) is 106 cm³/mol. The number of piperidine rings is 1. The fraction of sp³-hybridized carbons (Fsp3) is 0.450.